The zero-order valence-corrected chi connectivity index (χ0v) is 10.3. The Kier molecular flexibility index (Phi) is 3.10. The van der Waals surface area contributed by atoms with Gasteiger partial charge in [0.05, 0.1) is 0 Å². The summed E-state index contributed by atoms with van der Waals surface area (Å²) in [5, 5.41) is 0. The van der Waals surface area contributed by atoms with Crippen molar-refractivity contribution in [3.63, 3.8) is 0 Å². The molecule has 0 amide bonds. The lowest BCUT2D eigenvalue weighted by atomic mass is 10.1. The van der Waals surface area contributed by atoms with Crippen molar-refractivity contribution in [1.29, 1.82) is 0 Å². The van der Waals surface area contributed by atoms with E-state index in [0.717, 1.165) is 12.8 Å². The smallest absolute Gasteiger partial charge is 0.0224 e. The van der Waals surface area contributed by atoms with Gasteiger partial charge in [0.1, 0.15) is 0 Å². The van der Waals surface area contributed by atoms with E-state index in [4.69, 9.17) is 0 Å². The molecule has 0 nitrogen and oxygen atoms in total. The van der Waals surface area contributed by atoms with Gasteiger partial charge in [0, 0.05) is 0 Å². The van der Waals surface area contributed by atoms with Gasteiger partial charge in [0.2, 0.25) is 0 Å². The van der Waals surface area contributed by atoms with Crippen LogP contribution in [0, 0.1) is 0 Å². The van der Waals surface area contributed by atoms with Gasteiger partial charge in [-0.15, -0.1) is 0 Å². The molecule has 0 bridgehead atoms. The van der Waals surface area contributed by atoms with Gasteiger partial charge in [0.15, 0.2) is 0 Å². The molecule has 0 atom stereocenters. The highest BCUT2D eigenvalue weighted by atomic mass is 14.1. The van der Waals surface area contributed by atoms with Gasteiger partial charge in [-0.1, -0.05) is 72.8 Å². The first kappa shape index (κ1) is 11.0. The third-order valence-electron chi connectivity index (χ3n) is 3.34. The summed E-state index contributed by atoms with van der Waals surface area (Å²) in [7, 11) is 0. The molecule has 0 radical (unpaired) electrons. The summed E-state index contributed by atoms with van der Waals surface area (Å²) in [6.45, 7) is 0. The summed E-state index contributed by atoms with van der Waals surface area (Å²) in [6, 6.07) is 21.2. The van der Waals surface area contributed by atoms with Crippen LogP contribution in [0.4, 0.5) is 0 Å². The maximum atomic E-state index is 2.34. The van der Waals surface area contributed by atoms with Gasteiger partial charge in [-0.25, -0.2) is 0 Å². The molecule has 0 aromatic heterocycles. The Labute approximate surface area is 108 Å². The van der Waals surface area contributed by atoms with E-state index in [1.54, 1.807) is 0 Å². The molecule has 0 saturated carbocycles. The summed E-state index contributed by atoms with van der Waals surface area (Å²) in [6.07, 6.45) is 6.93. The van der Waals surface area contributed by atoms with Crippen molar-refractivity contribution in [3.05, 3.63) is 83.4 Å². The molecule has 1 aliphatic carbocycles. The Balaban J connectivity index is 1.86. The summed E-state index contributed by atoms with van der Waals surface area (Å²) < 4.78 is 0. The molecule has 0 saturated heterocycles. The van der Waals surface area contributed by atoms with Crippen LogP contribution in [0.25, 0.3) is 11.6 Å². The molecule has 0 unspecified atom stereocenters. The van der Waals surface area contributed by atoms with Crippen molar-refractivity contribution in [2.45, 2.75) is 12.8 Å². The van der Waals surface area contributed by atoms with Crippen molar-refractivity contribution >= 4 is 11.6 Å². The minimum Gasteiger partial charge on any atom is -0.0622 e. The highest BCUT2D eigenvalue weighted by Gasteiger charge is 2.10. The predicted molar refractivity (Wildman–Crippen MR) is 78.1 cm³/mol. The van der Waals surface area contributed by atoms with Crippen LogP contribution in [0.15, 0.2) is 72.3 Å². The minimum absolute atomic E-state index is 1.15. The second kappa shape index (κ2) is 5.05. The second-order valence-electron chi connectivity index (χ2n) is 4.67. The Morgan fingerprint density at radius 1 is 0.722 bits per heavy atom. The van der Waals surface area contributed by atoms with E-state index in [9.17, 15) is 0 Å². The molecule has 2 aromatic carbocycles. The fourth-order valence-corrected chi connectivity index (χ4v) is 2.40. The maximum Gasteiger partial charge on any atom is -0.0224 e. The predicted octanol–water partition coefficient (Wildman–Crippen LogP) is 4.95. The molecular weight excluding hydrogens is 216 g/mol. The van der Waals surface area contributed by atoms with E-state index >= 15 is 0 Å². The van der Waals surface area contributed by atoms with Gasteiger partial charge < -0.3 is 0 Å². The quantitative estimate of drug-likeness (QED) is 0.687. The van der Waals surface area contributed by atoms with Crippen LogP contribution < -0.4 is 0 Å². The van der Waals surface area contributed by atoms with Gasteiger partial charge >= 0.3 is 0 Å². The Hall–Kier alpha value is -2.08. The lowest BCUT2D eigenvalue weighted by Crippen LogP contribution is -1.77. The first-order chi connectivity index (χ1) is 8.92. The maximum absolute atomic E-state index is 2.34. The number of hydrogen-bond donors (Lipinski definition) is 0. The van der Waals surface area contributed by atoms with Crippen LogP contribution >= 0.6 is 0 Å². The fourth-order valence-electron chi connectivity index (χ4n) is 2.40. The Morgan fingerprint density at radius 2 is 1.39 bits per heavy atom. The van der Waals surface area contributed by atoms with Gasteiger partial charge in [0.25, 0.3) is 0 Å². The first-order valence-corrected chi connectivity index (χ1v) is 6.43. The van der Waals surface area contributed by atoms with E-state index in [1.807, 2.05) is 0 Å². The number of benzene rings is 2. The van der Waals surface area contributed by atoms with E-state index in [1.165, 1.54) is 22.3 Å². The van der Waals surface area contributed by atoms with E-state index in [-0.39, 0.29) is 0 Å². The average molecular weight is 232 g/mol. The van der Waals surface area contributed by atoms with Gasteiger partial charge in [-0.05, 0) is 35.1 Å². The highest BCUT2D eigenvalue weighted by molar-refractivity contribution is 5.74. The number of hydrogen-bond acceptors (Lipinski definition) is 0. The molecular formula is C18H16. The SMILES string of the molecule is C1=C(c2ccccc2)CC/C1=C\c1ccccc1. The molecule has 0 N–H and O–H groups in total. The largest absolute Gasteiger partial charge is 0.0622 e. The zero-order valence-electron chi connectivity index (χ0n) is 10.3. The average Bonchev–Trinajstić information content (AvgIpc) is 2.89. The van der Waals surface area contributed by atoms with Crippen LogP contribution in [0.3, 0.4) is 0 Å². The Morgan fingerprint density at radius 3 is 2.11 bits per heavy atom. The summed E-state index contributed by atoms with van der Waals surface area (Å²) in [4.78, 5) is 0. The molecule has 0 heterocycles. The molecule has 3 rings (SSSR count). The van der Waals surface area contributed by atoms with Crippen molar-refractivity contribution in [1.82, 2.24) is 0 Å². The minimum atomic E-state index is 1.15. The topological polar surface area (TPSA) is 0 Å². The van der Waals surface area contributed by atoms with Crippen LogP contribution in [-0.4, -0.2) is 0 Å². The molecule has 1 aliphatic rings. The Bertz CT molecular complexity index is 574. The molecule has 0 spiro atoms. The van der Waals surface area contributed by atoms with Crippen LogP contribution in [-0.2, 0) is 0 Å². The molecule has 0 aliphatic heterocycles. The van der Waals surface area contributed by atoms with Crippen LogP contribution in [0.2, 0.25) is 0 Å². The lowest BCUT2D eigenvalue weighted by Gasteiger charge is -1.98. The second-order valence-corrected chi connectivity index (χ2v) is 4.67. The van der Waals surface area contributed by atoms with E-state index in [2.05, 4.69) is 72.8 Å². The normalized spacial score (nSPS) is 16.9. The monoisotopic (exact) mass is 232 g/mol. The number of rotatable bonds is 2. The molecule has 2 aromatic rings. The molecule has 0 heteroatoms. The zero-order chi connectivity index (χ0) is 12.2. The fraction of sp³-hybridized carbons (Fsp3) is 0.111. The molecule has 88 valence electrons. The van der Waals surface area contributed by atoms with E-state index < -0.39 is 0 Å². The van der Waals surface area contributed by atoms with Crippen LogP contribution in [0.5, 0.6) is 0 Å². The third-order valence-corrected chi connectivity index (χ3v) is 3.34. The van der Waals surface area contributed by atoms with E-state index in [0.29, 0.717) is 0 Å². The van der Waals surface area contributed by atoms with Gasteiger partial charge in [-0.2, -0.15) is 0 Å². The summed E-state index contributed by atoms with van der Waals surface area (Å²) in [5.41, 5.74) is 5.53. The van der Waals surface area contributed by atoms with Gasteiger partial charge in [-0.3, -0.25) is 0 Å². The number of allylic oxidation sites excluding steroid dienone is 3. The third kappa shape index (κ3) is 2.43. The highest BCUT2D eigenvalue weighted by Crippen LogP contribution is 2.31. The molecule has 0 fully saturated rings. The van der Waals surface area contributed by atoms with Crippen molar-refractivity contribution in [2.24, 2.45) is 0 Å². The standard InChI is InChI=1S/C18H16/c1-3-7-15(8-4-1)13-16-11-12-18(14-16)17-9-5-2-6-10-17/h1-10,13-14H,11-12H2/b16-13+. The van der Waals surface area contributed by atoms with Crippen molar-refractivity contribution < 1.29 is 0 Å². The molecule has 18 heavy (non-hydrogen) atoms. The lowest BCUT2D eigenvalue weighted by molar-refractivity contribution is 1.08. The van der Waals surface area contributed by atoms with Crippen LogP contribution in [0.1, 0.15) is 24.0 Å². The van der Waals surface area contributed by atoms with Crippen molar-refractivity contribution in [2.75, 3.05) is 0 Å². The first-order valence-electron chi connectivity index (χ1n) is 6.43. The summed E-state index contributed by atoms with van der Waals surface area (Å²) >= 11 is 0. The summed E-state index contributed by atoms with van der Waals surface area (Å²) in [5.74, 6) is 0. The van der Waals surface area contributed by atoms with Crippen molar-refractivity contribution in [3.8, 4) is 0 Å².